The van der Waals surface area contributed by atoms with Crippen molar-refractivity contribution in [1.82, 2.24) is 0 Å². The van der Waals surface area contributed by atoms with Crippen LogP contribution in [0, 0.1) is 10.8 Å². The number of hydrogen-bond acceptors (Lipinski definition) is 3. The fourth-order valence-electron chi connectivity index (χ4n) is 3.62. The molecule has 0 saturated heterocycles. The van der Waals surface area contributed by atoms with Gasteiger partial charge >= 0.3 is 0 Å². The number of allylic oxidation sites excluding steroid dienone is 2. The van der Waals surface area contributed by atoms with Gasteiger partial charge in [0.2, 0.25) is 0 Å². The lowest BCUT2D eigenvalue weighted by atomic mass is 9.67. The number of fused-ring (bicyclic) bond motifs is 3. The number of Topliss-reactive ketones (excluding diaryl/α,β-unsaturated/α-hetero) is 1. The standard InChI is InChI=1S/C15H16O3/c1-8-11(16)6-9-5-10-12(17)13(2,3)7-15(10,18)14(8,9)4/h5-6,18H,1,7H2,2-4H3/t14-,15+/m1/s1. The molecule has 94 valence electrons. The minimum atomic E-state index is -1.28. The van der Waals surface area contributed by atoms with Crippen molar-refractivity contribution in [3.63, 3.8) is 0 Å². The summed E-state index contributed by atoms with van der Waals surface area (Å²) >= 11 is 0. The highest BCUT2D eigenvalue weighted by Gasteiger charge is 2.67. The molecular formula is C15H16O3. The quantitative estimate of drug-likeness (QED) is 0.660. The van der Waals surface area contributed by atoms with Crippen molar-refractivity contribution < 1.29 is 14.7 Å². The first-order valence-electron chi connectivity index (χ1n) is 6.10. The number of hydrogen-bond donors (Lipinski definition) is 1. The molecule has 0 aromatic heterocycles. The Labute approximate surface area is 106 Å². The Balaban J connectivity index is 2.27. The maximum atomic E-state index is 12.3. The molecule has 3 rings (SSSR count). The van der Waals surface area contributed by atoms with Crippen molar-refractivity contribution in [2.24, 2.45) is 10.8 Å². The molecule has 0 unspecified atom stereocenters. The summed E-state index contributed by atoms with van der Waals surface area (Å²) in [5.74, 6) is -0.171. The van der Waals surface area contributed by atoms with Crippen molar-refractivity contribution in [3.05, 3.63) is 35.5 Å². The monoisotopic (exact) mass is 244 g/mol. The third-order valence-corrected chi connectivity index (χ3v) is 4.89. The van der Waals surface area contributed by atoms with Gasteiger partial charge in [0.15, 0.2) is 11.6 Å². The summed E-state index contributed by atoms with van der Waals surface area (Å²) in [6.45, 7) is 9.30. The van der Waals surface area contributed by atoms with Gasteiger partial charge in [-0.1, -0.05) is 20.4 Å². The van der Waals surface area contributed by atoms with Gasteiger partial charge < -0.3 is 5.11 Å². The second-order valence-electron chi connectivity index (χ2n) is 6.38. The molecule has 0 aliphatic heterocycles. The number of carbonyl (C=O) groups is 2. The molecule has 0 radical (unpaired) electrons. The van der Waals surface area contributed by atoms with E-state index in [9.17, 15) is 14.7 Å². The summed E-state index contributed by atoms with van der Waals surface area (Å²) in [6.07, 6.45) is 3.52. The first-order valence-corrected chi connectivity index (χ1v) is 6.10. The van der Waals surface area contributed by atoms with Gasteiger partial charge in [-0.15, -0.1) is 0 Å². The molecule has 1 saturated carbocycles. The van der Waals surface area contributed by atoms with Crippen molar-refractivity contribution in [3.8, 4) is 0 Å². The van der Waals surface area contributed by atoms with E-state index in [-0.39, 0.29) is 11.6 Å². The molecule has 3 aliphatic carbocycles. The summed E-state index contributed by atoms with van der Waals surface area (Å²) in [6, 6.07) is 0. The Morgan fingerprint density at radius 2 is 1.83 bits per heavy atom. The summed E-state index contributed by atoms with van der Waals surface area (Å²) < 4.78 is 0. The van der Waals surface area contributed by atoms with Gasteiger partial charge in [-0.2, -0.15) is 0 Å². The van der Waals surface area contributed by atoms with Gasteiger partial charge in [-0.05, 0) is 31.1 Å². The van der Waals surface area contributed by atoms with Crippen molar-refractivity contribution in [1.29, 1.82) is 0 Å². The molecule has 0 aromatic carbocycles. The fourth-order valence-corrected chi connectivity index (χ4v) is 3.62. The largest absolute Gasteiger partial charge is 0.384 e. The zero-order valence-corrected chi connectivity index (χ0v) is 10.8. The van der Waals surface area contributed by atoms with Crippen LogP contribution >= 0.6 is 0 Å². The van der Waals surface area contributed by atoms with Crippen LogP contribution in [0.4, 0.5) is 0 Å². The van der Waals surface area contributed by atoms with Crippen LogP contribution in [0.15, 0.2) is 35.5 Å². The first-order chi connectivity index (χ1) is 8.14. The van der Waals surface area contributed by atoms with Gasteiger partial charge in [0.1, 0.15) is 5.60 Å². The zero-order chi connectivity index (χ0) is 13.5. The summed E-state index contributed by atoms with van der Waals surface area (Å²) in [5, 5.41) is 11.0. The second-order valence-corrected chi connectivity index (χ2v) is 6.38. The van der Waals surface area contributed by atoms with Crippen molar-refractivity contribution in [2.75, 3.05) is 0 Å². The lowest BCUT2D eigenvalue weighted by molar-refractivity contribution is -0.121. The van der Waals surface area contributed by atoms with Crippen LogP contribution in [0.5, 0.6) is 0 Å². The lowest BCUT2D eigenvalue weighted by Crippen LogP contribution is -2.44. The molecule has 0 heterocycles. The number of rotatable bonds is 0. The van der Waals surface area contributed by atoms with E-state index in [1.807, 2.05) is 20.8 Å². The molecule has 3 nitrogen and oxygen atoms in total. The third kappa shape index (κ3) is 0.927. The van der Waals surface area contributed by atoms with Crippen molar-refractivity contribution in [2.45, 2.75) is 32.8 Å². The average molecular weight is 244 g/mol. The maximum Gasteiger partial charge on any atom is 0.182 e. The molecule has 0 amide bonds. The smallest absolute Gasteiger partial charge is 0.182 e. The summed E-state index contributed by atoms with van der Waals surface area (Å²) in [4.78, 5) is 24.1. The minimum absolute atomic E-state index is 0.0261. The lowest BCUT2D eigenvalue weighted by Gasteiger charge is -2.38. The van der Waals surface area contributed by atoms with Gasteiger partial charge in [0, 0.05) is 16.6 Å². The molecule has 3 heteroatoms. The van der Waals surface area contributed by atoms with E-state index in [0.717, 1.165) is 5.57 Å². The average Bonchev–Trinajstić information content (AvgIpc) is 2.68. The Morgan fingerprint density at radius 3 is 2.44 bits per heavy atom. The number of carbonyl (C=O) groups excluding carboxylic acids is 2. The second kappa shape index (κ2) is 2.75. The van der Waals surface area contributed by atoms with E-state index in [0.29, 0.717) is 17.6 Å². The third-order valence-electron chi connectivity index (χ3n) is 4.89. The first kappa shape index (κ1) is 11.6. The fraction of sp³-hybridized carbons (Fsp3) is 0.467. The SMILES string of the molecule is C=C1C(=O)C=C2C=C3C(=O)C(C)(C)C[C@@]3(O)[C@]12C. The maximum absolute atomic E-state index is 12.3. The Morgan fingerprint density at radius 1 is 1.22 bits per heavy atom. The molecule has 0 aromatic rings. The van der Waals surface area contributed by atoms with Gasteiger partial charge in [0.05, 0.1) is 5.41 Å². The van der Waals surface area contributed by atoms with Crippen LogP contribution in [0.2, 0.25) is 0 Å². The number of aliphatic hydroxyl groups is 1. The van der Waals surface area contributed by atoms with Crippen molar-refractivity contribution >= 4 is 11.6 Å². The molecule has 3 aliphatic rings. The zero-order valence-electron chi connectivity index (χ0n) is 10.8. The summed E-state index contributed by atoms with van der Waals surface area (Å²) in [7, 11) is 0. The minimum Gasteiger partial charge on any atom is -0.384 e. The van der Waals surface area contributed by atoms with E-state index in [1.165, 1.54) is 6.08 Å². The Kier molecular flexibility index (Phi) is 1.77. The Bertz CT molecular complexity index is 591. The van der Waals surface area contributed by atoms with Gasteiger partial charge in [-0.3, -0.25) is 9.59 Å². The molecule has 1 fully saturated rings. The van der Waals surface area contributed by atoms with E-state index < -0.39 is 16.4 Å². The molecule has 1 N–H and O–H groups in total. The molecule has 0 bridgehead atoms. The predicted molar refractivity (Wildman–Crippen MR) is 66.8 cm³/mol. The summed E-state index contributed by atoms with van der Waals surface area (Å²) in [5.41, 5.74) is -1.14. The topological polar surface area (TPSA) is 54.4 Å². The van der Waals surface area contributed by atoms with Crippen LogP contribution in [-0.2, 0) is 9.59 Å². The molecule has 2 atom stereocenters. The van der Waals surface area contributed by atoms with E-state index >= 15 is 0 Å². The van der Waals surface area contributed by atoms with E-state index in [2.05, 4.69) is 6.58 Å². The highest BCUT2D eigenvalue weighted by atomic mass is 16.3. The van der Waals surface area contributed by atoms with Crippen LogP contribution in [0.3, 0.4) is 0 Å². The van der Waals surface area contributed by atoms with Crippen LogP contribution in [0.1, 0.15) is 27.2 Å². The Hall–Kier alpha value is -1.48. The molecular weight excluding hydrogens is 228 g/mol. The van der Waals surface area contributed by atoms with E-state index in [4.69, 9.17) is 0 Å². The van der Waals surface area contributed by atoms with Gasteiger partial charge in [0.25, 0.3) is 0 Å². The van der Waals surface area contributed by atoms with Crippen LogP contribution in [-0.4, -0.2) is 22.3 Å². The highest BCUT2D eigenvalue weighted by Crippen LogP contribution is 2.64. The highest BCUT2D eigenvalue weighted by molar-refractivity contribution is 6.14. The van der Waals surface area contributed by atoms with Crippen LogP contribution < -0.4 is 0 Å². The van der Waals surface area contributed by atoms with E-state index in [1.54, 1.807) is 6.08 Å². The van der Waals surface area contributed by atoms with Crippen LogP contribution in [0.25, 0.3) is 0 Å². The molecule has 0 spiro atoms. The predicted octanol–water partition coefficient (Wildman–Crippen LogP) is 1.73. The normalized spacial score (nSPS) is 40.8. The van der Waals surface area contributed by atoms with Gasteiger partial charge in [-0.25, -0.2) is 0 Å². The molecule has 18 heavy (non-hydrogen) atoms. The number of ketones is 2.